The van der Waals surface area contributed by atoms with Crippen LogP contribution in [0.3, 0.4) is 0 Å². The number of carbonyl (C=O) groups excluding carboxylic acids is 1. The zero-order valence-corrected chi connectivity index (χ0v) is 9.29. The fourth-order valence-electron chi connectivity index (χ4n) is 1.68. The summed E-state index contributed by atoms with van der Waals surface area (Å²) in [6.45, 7) is 0. The molecule has 7 heteroatoms. The van der Waals surface area contributed by atoms with Crippen LogP contribution in [0.1, 0.15) is 22.3 Å². The number of halogens is 3. The summed E-state index contributed by atoms with van der Waals surface area (Å²) in [5.41, 5.74) is 9.19. The molecule has 0 bridgehead atoms. The molecule has 18 heavy (non-hydrogen) atoms. The maximum Gasteiger partial charge on any atom is 0.417 e. The number of carbonyl (C=O) groups is 1. The van der Waals surface area contributed by atoms with Crippen molar-refractivity contribution in [2.24, 2.45) is 11.5 Å². The lowest BCUT2D eigenvalue weighted by atomic mass is 10.1. The number of nitrogens with one attached hydrogen (secondary N) is 1. The van der Waals surface area contributed by atoms with E-state index in [-0.39, 0.29) is 17.8 Å². The van der Waals surface area contributed by atoms with Gasteiger partial charge in [-0.15, -0.1) is 0 Å². The van der Waals surface area contributed by atoms with Gasteiger partial charge < -0.3 is 16.8 Å². The van der Waals surface area contributed by atoms with Crippen molar-refractivity contribution >= 4 is 11.6 Å². The molecule has 2 atom stereocenters. The number of amides is 1. The van der Waals surface area contributed by atoms with Gasteiger partial charge in [0.15, 0.2) is 0 Å². The fourth-order valence-corrected chi connectivity index (χ4v) is 1.68. The molecule has 4 nitrogen and oxygen atoms in total. The highest BCUT2D eigenvalue weighted by Gasteiger charge is 2.37. The van der Waals surface area contributed by atoms with Crippen molar-refractivity contribution in [2.75, 3.05) is 5.32 Å². The molecular weight excluding hydrogens is 247 g/mol. The van der Waals surface area contributed by atoms with E-state index < -0.39 is 23.2 Å². The molecule has 0 radical (unpaired) electrons. The van der Waals surface area contributed by atoms with Crippen molar-refractivity contribution in [3.63, 3.8) is 0 Å². The first-order chi connectivity index (χ1) is 8.29. The van der Waals surface area contributed by atoms with Gasteiger partial charge in [-0.05, 0) is 24.6 Å². The third kappa shape index (κ3) is 2.56. The second-order valence-electron chi connectivity index (χ2n) is 4.27. The van der Waals surface area contributed by atoms with E-state index in [2.05, 4.69) is 5.32 Å². The molecule has 2 unspecified atom stereocenters. The van der Waals surface area contributed by atoms with Crippen LogP contribution in [0, 0.1) is 0 Å². The predicted octanol–water partition coefficient (Wildman–Crippen LogP) is 1.32. The van der Waals surface area contributed by atoms with E-state index in [4.69, 9.17) is 11.5 Å². The lowest BCUT2D eigenvalue weighted by Gasteiger charge is -2.13. The first kappa shape index (κ1) is 12.7. The summed E-state index contributed by atoms with van der Waals surface area (Å²) in [5.74, 6) is -1.10. The molecule has 0 saturated heterocycles. The quantitative estimate of drug-likeness (QED) is 0.765. The number of benzene rings is 1. The summed E-state index contributed by atoms with van der Waals surface area (Å²) in [6, 6.07) is 3.30. The SMILES string of the molecule is NC(=O)c1ccc(NC2CC2N)cc1C(F)(F)F. The Morgan fingerprint density at radius 3 is 2.44 bits per heavy atom. The standard InChI is InChI=1S/C11H12F3N3O/c12-11(13,14)7-3-5(17-9-4-8(9)15)1-2-6(7)10(16)18/h1-3,8-9,17H,4,15H2,(H2,16,18). The van der Waals surface area contributed by atoms with Crippen LogP contribution < -0.4 is 16.8 Å². The van der Waals surface area contributed by atoms with E-state index in [1.54, 1.807) is 0 Å². The Hall–Kier alpha value is -1.76. The van der Waals surface area contributed by atoms with E-state index in [1.807, 2.05) is 0 Å². The summed E-state index contributed by atoms with van der Waals surface area (Å²) in [4.78, 5) is 10.9. The average molecular weight is 259 g/mol. The Bertz CT molecular complexity index is 487. The Morgan fingerprint density at radius 2 is 2.00 bits per heavy atom. The summed E-state index contributed by atoms with van der Waals surface area (Å²) in [6.07, 6.45) is -3.90. The van der Waals surface area contributed by atoms with Gasteiger partial charge in [-0.3, -0.25) is 4.79 Å². The van der Waals surface area contributed by atoms with Crippen LogP contribution in [-0.2, 0) is 6.18 Å². The molecule has 1 aliphatic rings. The van der Waals surface area contributed by atoms with Crippen LogP contribution in [0.4, 0.5) is 18.9 Å². The van der Waals surface area contributed by atoms with Crippen LogP contribution in [0.5, 0.6) is 0 Å². The minimum Gasteiger partial charge on any atom is -0.381 e. The van der Waals surface area contributed by atoms with Crippen molar-refractivity contribution in [1.29, 1.82) is 0 Å². The molecule has 2 rings (SSSR count). The molecule has 1 aromatic carbocycles. The molecule has 1 saturated carbocycles. The van der Waals surface area contributed by atoms with Crippen molar-refractivity contribution in [3.05, 3.63) is 29.3 Å². The van der Waals surface area contributed by atoms with E-state index >= 15 is 0 Å². The maximum atomic E-state index is 12.8. The van der Waals surface area contributed by atoms with Gasteiger partial charge in [-0.25, -0.2) is 0 Å². The largest absolute Gasteiger partial charge is 0.417 e. The van der Waals surface area contributed by atoms with Gasteiger partial charge in [0.1, 0.15) is 0 Å². The van der Waals surface area contributed by atoms with Gasteiger partial charge in [0, 0.05) is 17.8 Å². The zero-order chi connectivity index (χ0) is 13.5. The zero-order valence-electron chi connectivity index (χ0n) is 9.29. The summed E-state index contributed by atoms with van der Waals surface area (Å²) in [5, 5.41) is 2.87. The Labute approximate surface area is 101 Å². The highest BCUT2D eigenvalue weighted by atomic mass is 19.4. The lowest BCUT2D eigenvalue weighted by molar-refractivity contribution is -0.137. The molecule has 1 aromatic rings. The molecule has 5 N–H and O–H groups in total. The van der Waals surface area contributed by atoms with Gasteiger partial charge in [0.05, 0.1) is 11.1 Å². The number of nitrogens with two attached hydrogens (primary N) is 2. The molecule has 0 heterocycles. The monoisotopic (exact) mass is 259 g/mol. The number of rotatable bonds is 3. The molecular formula is C11H12F3N3O. The third-order valence-corrected chi connectivity index (χ3v) is 2.78. The molecule has 1 aliphatic carbocycles. The van der Waals surface area contributed by atoms with E-state index in [9.17, 15) is 18.0 Å². The van der Waals surface area contributed by atoms with E-state index in [0.29, 0.717) is 0 Å². The van der Waals surface area contributed by atoms with E-state index in [1.165, 1.54) is 6.07 Å². The molecule has 0 aliphatic heterocycles. The van der Waals surface area contributed by atoms with Crippen LogP contribution in [0.25, 0.3) is 0 Å². The third-order valence-electron chi connectivity index (χ3n) is 2.78. The van der Waals surface area contributed by atoms with Gasteiger partial charge >= 0.3 is 6.18 Å². The summed E-state index contributed by atoms with van der Waals surface area (Å²) < 4.78 is 38.3. The lowest BCUT2D eigenvalue weighted by Crippen LogP contribution is -2.20. The highest BCUT2D eigenvalue weighted by molar-refractivity contribution is 5.95. The van der Waals surface area contributed by atoms with Gasteiger partial charge in [-0.2, -0.15) is 13.2 Å². The minimum absolute atomic E-state index is 0.00879. The number of hydrogen-bond donors (Lipinski definition) is 3. The van der Waals surface area contributed by atoms with Crippen LogP contribution in [-0.4, -0.2) is 18.0 Å². The maximum absolute atomic E-state index is 12.8. The molecule has 0 aromatic heterocycles. The van der Waals surface area contributed by atoms with Crippen LogP contribution in [0.2, 0.25) is 0 Å². The smallest absolute Gasteiger partial charge is 0.381 e. The van der Waals surface area contributed by atoms with Crippen LogP contribution in [0.15, 0.2) is 18.2 Å². The average Bonchev–Trinajstić information content (AvgIpc) is 2.92. The predicted molar refractivity (Wildman–Crippen MR) is 60.0 cm³/mol. The van der Waals surface area contributed by atoms with Crippen LogP contribution >= 0.6 is 0 Å². The van der Waals surface area contributed by atoms with Gasteiger partial charge in [0.2, 0.25) is 5.91 Å². The van der Waals surface area contributed by atoms with E-state index in [0.717, 1.165) is 18.6 Å². The second kappa shape index (κ2) is 4.16. The number of anilines is 1. The minimum atomic E-state index is -4.62. The topological polar surface area (TPSA) is 81.1 Å². The Kier molecular flexibility index (Phi) is 2.94. The second-order valence-corrected chi connectivity index (χ2v) is 4.27. The van der Waals surface area contributed by atoms with Gasteiger partial charge in [-0.1, -0.05) is 0 Å². The fraction of sp³-hybridized carbons (Fsp3) is 0.364. The molecule has 1 amide bonds. The number of alkyl halides is 3. The van der Waals surface area contributed by atoms with Crippen molar-refractivity contribution in [1.82, 2.24) is 0 Å². The molecule has 98 valence electrons. The summed E-state index contributed by atoms with van der Waals surface area (Å²) >= 11 is 0. The number of primary amides is 1. The number of hydrogen-bond acceptors (Lipinski definition) is 3. The highest BCUT2D eigenvalue weighted by Crippen LogP contribution is 2.34. The van der Waals surface area contributed by atoms with Gasteiger partial charge in [0.25, 0.3) is 0 Å². The first-order valence-electron chi connectivity index (χ1n) is 5.32. The summed E-state index contributed by atoms with van der Waals surface area (Å²) in [7, 11) is 0. The first-order valence-corrected chi connectivity index (χ1v) is 5.32. The van der Waals surface area contributed by atoms with Crippen molar-refractivity contribution < 1.29 is 18.0 Å². The van der Waals surface area contributed by atoms with Crippen molar-refractivity contribution in [2.45, 2.75) is 24.7 Å². The molecule has 1 fully saturated rings. The normalized spacial score (nSPS) is 22.7. The van der Waals surface area contributed by atoms with Crippen molar-refractivity contribution in [3.8, 4) is 0 Å². The Morgan fingerprint density at radius 1 is 1.39 bits per heavy atom. The Balaban J connectivity index is 2.33. The molecule has 0 spiro atoms.